The van der Waals surface area contributed by atoms with E-state index in [1.165, 1.54) is 22.4 Å². The lowest BCUT2D eigenvalue weighted by Crippen LogP contribution is -2.05. The monoisotopic (exact) mass is 485 g/mol. The smallest absolute Gasteiger partial charge is 0.304 e. The minimum Gasteiger partial charge on any atom is -0.481 e. The van der Waals surface area contributed by atoms with Gasteiger partial charge >= 0.3 is 5.97 Å². The molecule has 1 aliphatic heterocycles. The van der Waals surface area contributed by atoms with Gasteiger partial charge in [-0.25, -0.2) is 12.8 Å². The van der Waals surface area contributed by atoms with E-state index >= 15 is 0 Å². The lowest BCUT2D eigenvalue weighted by atomic mass is 10.00. The summed E-state index contributed by atoms with van der Waals surface area (Å²) in [7, 11) is -3.76. The number of aliphatic carboxylic acids is 1. The number of hydrogen-bond donors (Lipinski definition) is 1. The Balaban J connectivity index is 0.000000614. The van der Waals surface area contributed by atoms with Crippen molar-refractivity contribution in [3.8, 4) is 0 Å². The highest BCUT2D eigenvalue weighted by molar-refractivity contribution is 8.02. The first kappa shape index (κ1) is 24.9. The Morgan fingerprint density at radius 1 is 1.45 bits per heavy atom. The van der Waals surface area contributed by atoms with Crippen molar-refractivity contribution in [2.45, 2.75) is 35.5 Å². The molecule has 0 saturated carbocycles. The molecule has 1 aromatic heterocycles. The summed E-state index contributed by atoms with van der Waals surface area (Å²) in [4.78, 5) is 24.0. The van der Waals surface area contributed by atoms with Gasteiger partial charge in [-0.15, -0.1) is 0 Å². The number of aromatic nitrogens is 1. The van der Waals surface area contributed by atoms with E-state index < -0.39 is 27.5 Å². The molecule has 1 aliphatic rings. The number of carbonyl (C=O) groups excluding carboxylic acids is 1. The Morgan fingerprint density at radius 3 is 2.55 bits per heavy atom. The van der Waals surface area contributed by atoms with Crippen LogP contribution in [0.3, 0.4) is 0 Å². The van der Waals surface area contributed by atoms with Crippen LogP contribution in [0.15, 0.2) is 57.7 Å². The lowest BCUT2D eigenvalue weighted by Gasteiger charge is -2.09. The molecular formula is C21H21ClFNO5S2. The summed E-state index contributed by atoms with van der Waals surface area (Å²) in [6, 6.07) is 2.05. The summed E-state index contributed by atoms with van der Waals surface area (Å²) >= 11 is 6.35. The van der Waals surface area contributed by atoms with Crippen LogP contribution in [0.4, 0.5) is 4.39 Å². The fourth-order valence-electron chi connectivity index (χ4n) is 3.29. The topological polar surface area (TPSA) is 93.4 Å². The molecule has 2 aromatic rings. The SMILES string of the molecule is C/C=C/Sc1c2n(c3cc(F)cc(S(C)(=O)=O)c13)C(=O)CC2CC(=O)O.C=CC(=C)Cl. The largest absolute Gasteiger partial charge is 0.481 e. The fraction of sp³-hybridized carbons (Fsp3) is 0.238. The molecule has 1 aromatic carbocycles. The quantitative estimate of drug-likeness (QED) is 0.438. The van der Waals surface area contributed by atoms with Crippen molar-refractivity contribution >= 4 is 56.0 Å². The van der Waals surface area contributed by atoms with Gasteiger partial charge in [-0.3, -0.25) is 14.2 Å². The van der Waals surface area contributed by atoms with Gasteiger partial charge in [-0.05, 0) is 24.5 Å². The third-order valence-electron chi connectivity index (χ3n) is 4.41. The molecule has 3 rings (SSSR count). The lowest BCUT2D eigenvalue weighted by molar-refractivity contribution is -0.137. The predicted octanol–water partition coefficient (Wildman–Crippen LogP) is 5.34. The van der Waals surface area contributed by atoms with Gasteiger partial charge in [0.2, 0.25) is 5.91 Å². The van der Waals surface area contributed by atoms with Gasteiger partial charge in [0, 0.05) is 39.6 Å². The van der Waals surface area contributed by atoms with Crippen LogP contribution in [-0.4, -0.2) is 36.2 Å². The Bertz CT molecular complexity index is 1210. The third-order valence-corrected chi connectivity index (χ3v) is 6.74. The van der Waals surface area contributed by atoms with E-state index in [0.717, 1.165) is 18.4 Å². The molecule has 1 atom stereocenters. The van der Waals surface area contributed by atoms with Gasteiger partial charge in [0.1, 0.15) is 5.82 Å². The second kappa shape index (κ2) is 9.84. The molecule has 0 radical (unpaired) electrons. The summed E-state index contributed by atoms with van der Waals surface area (Å²) < 4.78 is 39.8. The molecule has 31 heavy (non-hydrogen) atoms. The molecule has 0 amide bonds. The van der Waals surface area contributed by atoms with Crippen LogP contribution in [-0.2, 0) is 14.6 Å². The van der Waals surface area contributed by atoms with Crippen LogP contribution in [0.1, 0.15) is 36.2 Å². The highest BCUT2D eigenvalue weighted by Gasteiger charge is 2.37. The number of rotatable bonds is 6. The van der Waals surface area contributed by atoms with Crippen molar-refractivity contribution in [2.75, 3.05) is 6.26 Å². The van der Waals surface area contributed by atoms with Crippen LogP contribution >= 0.6 is 23.4 Å². The maximum Gasteiger partial charge on any atom is 0.304 e. The number of allylic oxidation sites excluding steroid dienone is 3. The van der Waals surface area contributed by atoms with E-state index in [1.54, 1.807) is 18.4 Å². The van der Waals surface area contributed by atoms with Crippen molar-refractivity contribution in [3.05, 3.63) is 59.4 Å². The number of sulfone groups is 1. The zero-order valence-electron chi connectivity index (χ0n) is 16.9. The summed E-state index contributed by atoms with van der Waals surface area (Å²) in [6.45, 7) is 8.43. The Labute approximate surface area is 189 Å². The molecule has 1 unspecified atom stereocenters. The number of carboxylic acid groups (broad SMARTS) is 1. The van der Waals surface area contributed by atoms with E-state index in [1.807, 2.05) is 0 Å². The molecular weight excluding hydrogens is 465 g/mol. The predicted molar refractivity (Wildman–Crippen MR) is 121 cm³/mol. The van der Waals surface area contributed by atoms with Crippen molar-refractivity contribution in [3.63, 3.8) is 0 Å². The zero-order valence-corrected chi connectivity index (χ0v) is 19.3. The van der Waals surface area contributed by atoms with E-state index in [4.69, 9.17) is 16.7 Å². The van der Waals surface area contributed by atoms with Crippen LogP contribution in [0.25, 0.3) is 10.9 Å². The standard InChI is InChI=1S/C17H16FNO5S2.C4H5Cl/c1-3-4-25-17-15-11(7-10(18)8-12(15)26(2,23)24)19-13(20)5-9(16(17)19)6-14(21)22;1-3-4(2)5/h3-4,7-9H,5-6H2,1-2H3,(H,21,22);3H,1-2H2/b4-3+;. The highest BCUT2D eigenvalue weighted by Crippen LogP contribution is 2.47. The number of fused-ring (bicyclic) bond motifs is 3. The molecule has 0 spiro atoms. The normalized spacial score (nSPS) is 15.6. The third kappa shape index (κ3) is 5.47. The van der Waals surface area contributed by atoms with Crippen molar-refractivity contribution < 1.29 is 27.5 Å². The summed E-state index contributed by atoms with van der Waals surface area (Å²) in [5.41, 5.74) is 0.594. The Kier molecular flexibility index (Phi) is 7.91. The van der Waals surface area contributed by atoms with Crippen molar-refractivity contribution in [1.29, 1.82) is 0 Å². The number of hydrogen-bond acceptors (Lipinski definition) is 5. The van der Waals surface area contributed by atoms with Crippen LogP contribution in [0.5, 0.6) is 0 Å². The van der Waals surface area contributed by atoms with Crippen LogP contribution in [0, 0.1) is 5.82 Å². The average Bonchev–Trinajstić information content (AvgIpc) is 3.14. The van der Waals surface area contributed by atoms with E-state index in [-0.39, 0.29) is 34.5 Å². The Hall–Kier alpha value is -2.36. The number of carbonyl (C=O) groups is 2. The van der Waals surface area contributed by atoms with E-state index in [2.05, 4.69) is 13.2 Å². The van der Waals surface area contributed by atoms with Crippen molar-refractivity contribution in [2.24, 2.45) is 0 Å². The number of thioether (sulfide) groups is 1. The van der Waals surface area contributed by atoms with E-state index in [0.29, 0.717) is 15.6 Å². The fourth-order valence-corrected chi connectivity index (χ4v) is 5.25. The van der Waals surface area contributed by atoms with E-state index in [9.17, 15) is 22.4 Å². The van der Waals surface area contributed by atoms with Crippen LogP contribution < -0.4 is 0 Å². The maximum atomic E-state index is 14.1. The first-order chi connectivity index (χ1) is 14.4. The van der Waals surface area contributed by atoms with Crippen molar-refractivity contribution in [1.82, 2.24) is 4.57 Å². The molecule has 0 saturated heterocycles. The minimum atomic E-state index is -3.76. The number of halogens is 2. The molecule has 10 heteroatoms. The number of carboxylic acids is 1. The molecule has 1 N–H and O–H groups in total. The Morgan fingerprint density at radius 2 is 2.06 bits per heavy atom. The second-order valence-corrected chi connectivity index (χ2v) is 10.1. The minimum absolute atomic E-state index is 0.00824. The summed E-state index contributed by atoms with van der Waals surface area (Å²) in [6.07, 6.45) is 3.94. The van der Waals surface area contributed by atoms with Gasteiger partial charge < -0.3 is 5.11 Å². The molecule has 0 fully saturated rings. The highest BCUT2D eigenvalue weighted by atomic mass is 35.5. The second-order valence-electron chi connectivity index (χ2n) is 6.75. The molecule has 2 heterocycles. The summed E-state index contributed by atoms with van der Waals surface area (Å²) in [5, 5.41) is 11.6. The first-order valence-corrected chi connectivity index (χ1v) is 12.1. The van der Waals surface area contributed by atoms with Gasteiger partial charge in [0.25, 0.3) is 0 Å². The number of benzene rings is 1. The molecule has 0 bridgehead atoms. The maximum absolute atomic E-state index is 14.1. The molecule has 6 nitrogen and oxygen atoms in total. The summed E-state index contributed by atoms with van der Waals surface area (Å²) in [5.74, 6) is -2.78. The number of nitrogens with zero attached hydrogens (tertiary/aromatic N) is 1. The first-order valence-electron chi connectivity index (χ1n) is 8.99. The van der Waals surface area contributed by atoms with Crippen LogP contribution in [0.2, 0.25) is 0 Å². The van der Waals surface area contributed by atoms with Gasteiger partial charge in [0.05, 0.1) is 16.8 Å². The average molecular weight is 486 g/mol. The zero-order chi connectivity index (χ0) is 23.5. The van der Waals surface area contributed by atoms with Gasteiger partial charge in [0.15, 0.2) is 9.84 Å². The van der Waals surface area contributed by atoms with Gasteiger partial charge in [-0.2, -0.15) is 0 Å². The van der Waals surface area contributed by atoms with Gasteiger partial charge in [-0.1, -0.05) is 48.7 Å². The molecule has 166 valence electrons. The molecule has 0 aliphatic carbocycles.